The van der Waals surface area contributed by atoms with Gasteiger partial charge in [-0.2, -0.15) is 0 Å². The van der Waals surface area contributed by atoms with E-state index < -0.39 is 0 Å². The predicted octanol–water partition coefficient (Wildman–Crippen LogP) is 3.93. The number of carbonyl (C=O) groups excluding carboxylic acids is 1. The van der Waals surface area contributed by atoms with E-state index in [1.165, 1.54) is 38.5 Å². The minimum Gasteiger partial charge on any atom is -0.497 e. The van der Waals surface area contributed by atoms with Gasteiger partial charge in [0.15, 0.2) is 0 Å². The van der Waals surface area contributed by atoms with Crippen LogP contribution in [0.4, 0.5) is 4.79 Å². The fourth-order valence-electron chi connectivity index (χ4n) is 5.47. The molecule has 1 aromatic rings. The average molecular weight is 326 g/mol. The van der Waals surface area contributed by atoms with Gasteiger partial charge < -0.3 is 15.4 Å². The molecule has 24 heavy (non-hydrogen) atoms. The fourth-order valence-corrected chi connectivity index (χ4v) is 5.47. The van der Waals surface area contributed by atoms with Gasteiger partial charge in [0, 0.05) is 11.7 Å². The second-order valence-electron chi connectivity index (χ2n) is 7.90. The van der Waals surface area contributed by atoms with Crippen LogP contribution in [0.25, 0.3) is 6.08 Å². The molecule has 128 valence electrons. The molecule has 0 radical (unpaired) electrons. The van der Waals surface area contributed by atoms with Crippen molar-refractivity contribution in [2.75, 3.05) is 7.11 Å². The van der Waals surface area contributed by atoms with Gasteiger partial charge in [-0.05, 0) is 80.1 Å². The SMILES string of the molecule is COc1ccc(/C=C/NC(=O)NC23CC4CC(CC(C4)C2)C3)cc1. The van der Waals surface area contributed by atoms with Gasteiger partial charge in [-0.1, -0.05) is 12.1 Å². The zero-order valence-electron chi connectivity index (χ0n) is 14.3. The molecule has 4 nitrogen and oxygen atoms in total. The lowest BCUT2D eigenvalue weighted by atomic mass is 9.53. The molecule has 4 heteroatoms. The molecular weight excluding hydrogens is 300 g/mol. The summed E-state index contributed by atoms with van der Waals surface area (Å²) in [5.41, 5.74) is 1.10. The molecule has 2 N–H and O–H groups in total. The second kappa shape index (κ2) is 6.15. The molecule has 0 unspecified atom stereocenters. The van der Waals surface area contributed by atoms with Crippen LogP contribution in [-0.4, -0.2) is 18.7 Å². The summed E-state index contributed by atoms with van der Waals surface area (Å²) < 4.78 is 5.14. The van der Waals surface area contributed by atoms with Crippen molar-refractivity contribution in [3.8, 4) is 5.75 Å². The van der Waals surface area contributed by atoms with E-state index in [0.717, 1.165) is 29.1 Å². The first-order valence-electron chi connectivity index (χ1n) is 9.03. The molecule has 4 bridgehead atoms. The van der Waals surface area contributed by atoms with Crippen molar-refractivity contribution in [3.05, 3.63) is 36.0 Å². The molecule has 4 fully saturated rings. The Bertz CT molecular complexity index is 600. The molecule has 2 amide bonds. The number of benzene rings is 1. The molecule has 1 aromatic carbocycles. The average Bonchev–Trinajstić information content (AvgIpc) is 2.53. The third-order valence-electron chi connectivity index (χ3n) is 6.02. The minimum atomic E-state index is -0.0679. The van der Waals surface area contributed by atoms with Crippen LogP contribution in [0.1, 0.15) is 44.1 Å². The summed E-state index contributed by atoms with van der Waals surface area (Å²) >= 11 is 0. The van der Waals surface area contributed by atoms with Gasteiger partial charge in [0.05, 0.1) is 7.11 Å². The fraction of sp³-hybridized carbons (Fsp3) is 0.550. The number of amides is 2. The molecule has 0 aromatic heterocycles. The standard InChI is InChI=1S/C20H26N2O2/c1-24-18-4-2-14(3-5-18)6-7-21-19(23)22-20-11-15-8-16(12-20)10-17(9-15)13-20/h2-7,15-17H,8-13H2,1H3,(H2,21,22,23)/b7-6+. The zero-order valence-corrected chi connectivity index (χ0v) is 14.3. The minimum absolute atomic E-state index is 0.0623. The van der Waals surface area contributed by atoms with Crippen molar-refractivity contribution in [2.45, 2.75) is 44.1 Å². The Morgan fingerprint density at radius 1 is 1.08 bits per heavy atom. The summed E-state index contributed by atoms with van der Waals surface area (Å²) in [5.74, 6) is 3.35. The van der Waals surface area contributed by atoms with Crippen molar-refractivity contribution < 1.29 is 9.53 Å². The van der Waals surface area contributed by atoms with E-state index in [2.05, 4.69) is 10.6 Å². The van der Waals surface area contributed by atoms with Crippen LogP contribution in [0.2, 0.25) is 0 Å². The maximum absolute atomic E-state index is 12.3. The van der Waals surface area contributed by atoms with Gasteiger partial charge in [-0.3, -0.25) is 0 Å². The van der Waals surface area contributed by atoms with E-state index in [1.54, 1.807) is 13.3 Å². The molecular formula is C20H26N2O2. The van der Waals surface area contributed by atoms with E-state index in [-0.39, 0.29) is 11.6 Å². The summed E-state index contributed by atoms with van der Waals surface area (Å²) in [4.78, 5) is 12.3. The number of hydrogen-bond donors (Lipinski definition) is 2. The highest BCUT2D eigenvalue weighted by Gasteiger charge is 2.51. The van der Waals surface area contributed by atoms with Crippen LogP contribution in [0, 0.1) is 17.8 Å². The summed E-state index contributed by atoms with van der Waals surface area (Å²) in [7, 11) is 1.65. The monoisotopic (exact) mass is 326 g/mol. The van der Waals surface area contributed by atoms with Gasteiger partial charge in [0.2, 0.25) is 0 Å². The quantitative estimate of drug-likeness (QED) is 0.880. The highest BCUT2D eigenvalue weighted by Crippen LogP contribution is 2.55. The van der Waals surface area contributed by atoms with Crippen LogP contribution in [0.3, 0.4) is 0 Å². The first kappa shape index (κ1) is 15.6. The van der Waals surface area contributed by atoms with E-state index in [9.17, 15) is 4.79 Å². The summed E-state index contributed by atoms with van der Waals surface area (Å²) in [5, 5.41) is 6.18. The topological polar surface area (TPSA) is 50.4 Å². The molecule has 5 rings (SSSR count). The summed E-state index contributed by atoms with van der Waals surface area (Å²) in [6.45, 7) is 0. The number of nitrogens with one attached hydrogen (secondary N) is 2. The second-order valence-corrected chi connectivity index (χ2v) is 7.90. The van der Waals surface area contributed by atoms with Gasteiger partial charge in [-0.25, -0.2) is 4.79 Å². The van der Waals surface area contributed by atoms with E-state index in [1.807, 2.05) is 30.3 Å². The predicted molar refractivity (Wildman–Crippen MR) is 94.6 cm³/mol. The summed E-state index contributed by atoms with van der Waals surface area (Å²) in [6.07, 6.45) is 11.3. The maximum Gasteiger partial charge on any atom is 0.319 e. The number of ether oxygens (including phenoxy) is 1. The Morgan fingerprint density at radius 3 is 2.21 bits per heavy atom. The van der Waals surface area contributed by atoms with Crippen LogP contribution < -0.4 is 15.4 Å². The molecule has 0 aliphatic heterocycles. The summed E-state index contributed by atoms with van der Waals surface area (Å²) in [6, 6.07) is 7.69. The molecule has 4 aliphatic carbocycles. The Morgan fingerprint density at radius 2 is 1.67 bits per heavy atom. The van der Waals surface area contributed by atoms with Crippen LogP contribution in [-0.2, 0) is 0 Å². The maximum atomic E-state index is 12.3. The van der Waals surface area contributed by atoms with Crippen LogP contribution in [0.5, 0.6) is 5.75 Å². The van der Waals surface area contributed by atoms with Crippen LogP contribution >= 0.6 is 0 Å². The smallest absolute Gasteiger partial charge is 0.319 e. The number of carbonyl (C=O) groups is 1. The molecule has 0 saturated heterocycles. The highest BCUT2D eigenvalue weighted by molar-refractivity contribution is 5.76. The van der Waals surface area contributed by atoms with Crippen molar-refractivity contribution in [1.29, 1.82) is 0 Å². The Balaban J connectivity index is 1.32. The normalized spacial score (nSPS) is 33.6. The van der Waals surface area contributed by atoms with Gasteiger partial charge in [-0.15, -0.1) is 0 Å². The largest absolute Gasteiger partial charge is 0.497 e. The van der Waals surface area contributed by atoms with E-state index in [0.29, 0.717) is 0 Å². The molecule has 4 saturated carbocycles. The van der Waals surface area contributed by atoms with Crippen molar-refractivity contribution in [3.63, 3.8) is 0 Å². The molecule has 0 atom stereocenters. The molecule has 0 spiro atoms. The van der Waals surface area contributed by atoms with Crippen molar-refractivity contribution >= 4 is 12.1 Å². The highest BCUT2D eigenvalue weighted by atomic mass is 16.5. The van der Waals surface area contributed by atoms with Crippen LogP contribution in [0.15, 0.2) is 30.5 Å². The molecule has 4 aliphatic rings. The van der Waals surface area contributed by atoms with Gasteiger partial charge >= 0.3 is 6.03 Å². The number of methoxy groups -OCH3 is 1. The van der Waals surface area contributed by atoms with E-state index in [4.69, 9.17) is 4.74 Å². The lowest BCUT2D eigenvalue weighted by Crippen LogP contribution is -2.61. The first-order chi connectivity index (χ1) is 11.6. The molecule has 0 heterocycles. The van der Waals surface area contributed by atoms with Crippen molar-refractivity contribution in [2.24, 2.45) is 17.8 Å². The zero-order chi connectivity index (χ0) is 16.6. The van der Waals surface area contributed by atoms with E-state index >= 15 is 0 Å². The van der Waals surface area contributed by atoms with Gasteiger partial charge in [0.1, 0.15) is 5.75 Å². The Kier molecular flexibility index (Phi) is 3.99. The van der Waals surface area contributed by atoms with Gasteiger partial charge in [0.25, 0.3) is 0 Å². The Labute approximate surface area is 143 Å². The number of urea groups is 1. The number of hydrogen-bond acceptors (Lipinski definition) is 2. The first-order valence-corrected chi connectivity index (χ1v) is 9.03. The Hall–Kier alpha value is -1.97. The number of rotatable bonds is 4. The third kappa shape index (κ3) is 3.14. The lowest BCUT2D eigenvalue weighted by molar-refractivity contribution is -0.0133. The third-order valence-corrected chi connectivity index (χ3v) is 6.02. The van der Waals surface area contributed by atoms with Crippen molar-refractivity contribution in [1.82, 2.24) is 10.6 Å². The lowest BCUT2D eigenvalue weighted by Gasteiger charge is -2.56.